The smallest absolute Gasteiger partial charge is 0.278 e. The molecule has 35 heavy (non-hydrogen) atoms. The number of ether oxygens (including phenoxy) is 2. The molecule has 10 nitrogen and oxygen atoms in total. The van der Waals surface area contributed by atoms with Crippen LogP contribution in [0.15, 0.2) is 40.5 Å². The van der Waals surface area contributed by atoms with Gasteiger partial charge < -0.3 is 9.47 Å². The van der Waals surface area contributed by atoms with Gasteiger partial charge in [0.25, 0.3) is 5.91 Å². The molecule has 188 valence electrons. The Kier molecular flexibility index (Phi) is 7.44. The van der Waals surface area contributed by atoms with Gasteiger partial charge in [-0.15, -0.1) is 11.3 Å². The highest BCUT2D eigenvalue weighted by Crippen LogP contribution is 2.33. The summed E-state index contributed by atoms with van der Waals surface area (Å²) in [7, 11) is -3.30. The van der Waals surface area contributed by atoms with E-state index in [1.165, 1.54) is 11.3 Å². The van der Waals surface area contributed by atoms with E-state index in [0.29, 0.717) is 49.8 Å². The number of thiazole rings is 1. The van der Waals surface area contributed by atoms with Crippen molar-refractivity contribution in [3.05, 3.63) is 40.9 Å². The molecule has 1 aliphatic carbocycles. The zero-order valence-corrected chi connectivity index (χ0v) is 21.0. The molecule has 2 saturated heterocycles. The number of carbonyl (C=O) groups excluding carboxylic acids is 1. The minimum Gasteiger partial charge on any atom is -0.379 e. The van der Waals surface area contributed by atoms with Gasteiger partial charge in [-0.2, -0.15) is 5.10 Å². The summed E-state index contributed by atoms with van der Waals surface area (Å²) in [5.41, 5.74) is 0.765. The van der Waals surface area contributed by atoms with E-state index in [-0.39, 0.29) is 21.8 Å². The van der Waals surface area contributed by atoms with Gasteiger partial charge >= 0.3 is 0 Å². The van der Waals surface area contributed by atoms with E-state index < -0.39 is 9.84 Å². The molecule has 3 heterocycles. The van der Waals surface area contributed by atoms with Gasteiger partial charge in [-0.25, -0.2) is 13.4 Å². The maximum atomic E-state index is 13.3. The summed E-state index contributed by atoms with van der Waals surface area (Å²) in [5, 5.41) is 9.51. The van der Waals surface area contributed by atoms with E-state index in [9.17, 15) is 13.2 Å². The van der Waals surface area contributed by atoms with Crippen LogP contribution in [0, 0.1) is 0 Å². The quantitative estimate of drug-likeness (QED) is 0.523. The number of rotatable bonds is 8. The number of nitrogens with one attached hydrogen (secondary N) is 1. The van der Waals surface area contributed by atoms with Crippen LogP contribution in [0.25, 0.3) is 0 Å². The summed E-state index contributed by atoms with van der Waals surface area (Å²) in [4.78, 5) is 21.3. The summed E-state index contributed by atoms with van der Waals surface area (Å²) in [6, 6.07) is 6.43. The fourth-order valence-corrected chi connectivity index (χ4v) is 6.48. The van der Waals surface area contributed by atoms with Gasteiger partial charge in [0, 0.05) is 36.3 Å². The summed E-state index contributed by atoms with van der Waals surface area (Å²) in [6.07, 6.45) is 3.20. The first-order valence-corrected chi connectivity index (χ1v) is 14.2. The van der Waals surface area contributed by atoms with Crippen LogP contribution in [-0.4, -0.2) is 92.8 Å². The van der Waals surface area contributed by atoms with Crippen molar-refractivity contribution >= 4 is 37.9 Å². The zero-order valence-electron chi connectivity index (χ0n) is 19.4. The summed E-state index contributed by atoms with van der Waals surface area (Å²) >= 11 is 1.44. The third kappa shape index (κ3) is 6.07. The Morgan fingerprint density at radius 3 is 2.37 bits per heavy atom. The standard InChI is InChI=1S/C23H29N5O5S2/c29-22(25-23-24-15-18(34-23)16-27-7-11-32-12-8-27)21(26-28-9-13-33-14-10-28)17-1-3-19(4-2-17)35(30,31)20-5-6-20/h1-4,15,20H,5-14,16H2,(H,24,25,29). The molecule has 2 aromatic rings. The Bertz CT molecular complexity index is 1170. The number of nitrogens with zero attached hydrogens (tertiary/aromatic N) is 4. The molecule has 1 saturated carbocycles. The summed E-state index contributed by atoms with van der Waals surface area (Å²) in [6.45, 7) is 6.20. The number of amides is 1. The minimum absolute atomic E-state index is 0.215. The number of aromatic nitrogens is 1. The van der Waals surface area contributed by atoms with Crippen molar-refractivity contribution in [3.63, 3.8) is 0 Å². The average molecular weight is 520 g/mol. The van der Waals surface area contributed by atoms with Gasteiger partial charge in [0.05, 0.1) is 49.7 Å². The molecule has 3 fully saturated rings. The zero-order chi connectivity index (χ0) is 24.3. The monoisotopic (exact) mass is 519 g/mol. The summed E-state index contributed by atoms with van der Waals surface area (Å²) < 4.78 is 35.9. The van der Waals surface area contributed by atoms with E-state index in [2.05, 4.69) is 20.3 Å². The van der Waals surface area contributed by atoms with Crippen LogP contribution in [0.3, 0.4) is 0 Å². The van der Waals surface area contributed by atoms with E-state index in [1.54, 1.807) is 35.5 Å². The van der Waals surface area contributed by atoms with Crippen LogP contribution < -0.4 is 5.32 Å². The van der Waals surface area contributed by atoms with Crippen molar-refractivity contribution in [2.75, 3.05) is 57.9 Å². The average Bonchev–Trinajstić information content (AvgIpc) is 3.66. The normalized spacial score (nSPS) is 20.1. The number of benzene rings is 1. The molecular weight excluding hydrogens is 490 g/mol. The lowest BCUT2D eigenvalue weighted by atomic mass is 10.1. The Balaban J connectivity index is 1.33. The molecular formula is C23H29N5O5S2. The van der Waals surface area contributed by atoms with Crippen LogP contribution in [0.5, 0.6) is 0 Å². The lowest BCUT2D eigenvalue weighted by Crippen LogP contribution is -2.35. The van der Waals surface area contributed by atoms with E-state index >= 15 is 0 Å². The second-order valence-corrected chi connectivity index (χ2v) is 12.1. The van der Waals surface area contributed by atoms with Gasteiger partial charge in [-0.3, -0.25) is 20.0 Å². The van der Waals surface area contributed by atoms with Crippen LogP contribution in [0.1, 0.15) is 23.3 Å². The molecule has 3 aliphatic rings. The number of carbonyl (C=O) groups is 1. The lowest BCUT2D eigenvalue weighted by Gasteiger charge is -2.25. The van der Waals surface area contributed by atoms with Gasteiger partial charge in [-0.1, -0.05) is 12.1 Å². The first-order valence-electron chi connectivity index (χ1n) is 11.8. The summed E-state index contributed by atoms with van der Waals surface area (Å²) in [5.74, 6) is -0.387. The number of hydrogen-bond acceptors (Lipinski definition) is 10. The highest BCUT2D eigenvalue weighted by Gasteiger charge is 2.36. The lowest BCUT2D eigenvalue weighted by molar-refractivity contribution is -0.110. The van der Waals surface area contributed by atoms with Crippen LogP contribution in [-0.2, 0) is 30.7 Å². The molecule has 1 aromatic carbocycles. The molecule has 1 amide bonds. The first kappa shape index (κ1) is 24.3. The first-order chi connectivity index (χ1) is 17.0. The maximum absolute atomic E-state index is 13.3. The Morgan fingerprint density at radius 1 is 1.06 bits per heavy atom. The second kappa shape index (κ2) is 10.7. The molecule has 2 aliphatic heterocycles. The van der Waals surface area contributed by atoms with Crippen molar-refractivity contribution in [3.8, 4) is 0 Å². The van der Waals surface area contributed by atoms with E-state index in [1.807, 2.05) is 0 Å². The molecule has 1 N–H and O–H groups in total. The van der Waals surface area contributed by atoms with Gasteiger partial charge in [-0.05, 0) is 25.0 Å². The Labute approximate surface area is 208 Å². The van der Waals surface area contributed by atoms with E-state index in [0.717, 1.165) is 37.7 Å². The van der Waals surface area contributed by atoms with Gasteiger partial charge in [0.2, 0.25) is 0 Å². The number of sulfone groups is 1. The highest BCUT2D eigenvalue weighted by atomic mass is 32.2. The molecule has 0 spiro atoms. The van der Waals surface area contributed by atoms with Gasteiger partial charge in [0.15, 0.2) is 20.7 Å². The molecule has 0 unspecified atom stereocenters. The molecule has 12 heteroatoms. The van der Waals surface area contributed by atoms with Crippen LogP contribution in [0.4, 0.5) is 5.13 Å². The third-order valence-corrected chi connectivity index (χ3v) is 9.30. The van der Waals surface area contributed by atoms with Crippen molar-refractivity contribution in [2.45, 2.75) is 29.5 Å². The highest BCUT2D eigenvalue weighted by molar-refractivity contribution is 7.92. The van der Waals surface area contributed by atoms with Crippen LogP contribution in [0.2, 0.25) is 0 Å². The largest absolute Gasteiger partial charge is 0.379 e. The number of hydrazone groups is 1. The molecule has 0 bridgehead atoms. The van der Waals surface area contributed by atoms with Crippen molar-refractivity contribution < 1.29 is 22.7 Å². The molecule has 5 rings (SSSR count). The molecule has 0 radical (unpaired) electrons. The van der Waals surface area contributed by atoms with Crippen LogP contribution >= 0.6 is 11.3 Å². The van der Waals surface area contributed by atoms with Crippen molar-refractivity contribution in [2.24, 2.45) is 5.10 Å². The number of morpholine rings is 2. The fraction of sp³-hybridized carbons (Fsp3) is 0.522. The second-order valence-electron chi connectivity index (χ2n) is 8.76. The fourth-order valence-electron chi connectivity index (χ4n) is 3.98. The Hall–Kier alpha value is -2.38. The van der Waals surface area contributed by atoms with E-state index in [4.69, 9.17) is 9.47 Å². The minimum atomic E-state index is -3.30. The molecule has 1 aromatic heterocycles. The Morgan fingerprint density at radius 2 is 1.71 bits per heavy atom. The van der Waals surface area contributed by atoms with Crippen molar-refractivity contribution in [1.82, 2.24) is 14.9 Å². The van der Waals surface area contributed by atoms with Crippen molar-refractivity contribution in [1.29, 1.82) is 0 Å². The number of hydrogen-bond donors (Lipinski definition) is 1. The molecule has 0 atom stereocenters. The maximum Gasteiger partial charge on any atom is 0.278 e. The SMILES string of the molecule is O=C(Nc1ncc(CN2CCOCC2)s1)C(=NN1CCOCC1)c1ccc(S(=O)(=O)C2CC2)cc1. The predicted molar refractivity (Wildman–Crippen MR) is 132 cm³/mol. The number of anilines is 1. The van der Waals surface area contributed by atoms with Gasteiger partial charge in [0.1, 0.15) is 0 Å². The topological polar surface area (TPSA) is 113 Å². The predicted octanol–water partition coefficient (Wildman–Crippen LogP) is 1.59. The third-order valence-electron chi connectivity index (χ3n) is 6.12.